The molecule has 0 fully saturated rings. The summed E-state index contributed by atoms with van der Waals surface area (Å²) in [5.41, 5.74) is 1.07. The van der Waals surface area contributed by atoms with Gasteiger partial charge in [-0.25, -0.2) is 0 Å². The van der Waals surface area contributed by atoms with E-state index in [1.54, 1.807) is 25.4 Å². The van der Waals surface area contributed by atoms with Gasteiger partial charge in [0.05, 0.1) is 48.3 Å². The van der Waals surface area contributed by atoms with Crippen LogP contribution in [-0.2, 0) is 9.53 Å². The Morgan fingerprint density at radius 3 is 1.83 bits per heavy atom. The lowest BCUT2D eigenvalue weighted by atomic mass is 10.1. The van der Waals surface area contributed by atoms with Crippen LogP contribution >= 0.6 is 0 Å². The Bertz CT molecular complexity index is 1880. The summed E-state index contributed by atoms with van der Waals surface area (Å²) < 4.78 is 22.3. The predicted molar refractivity (Wildman–Crippen MR) is 195 cm³/mol. The van der Waals surface area contributed by atoms with E-state index in [9.17, 15) is 34.6 Å². The molecule has 0 saturated carbocycles. The van der Waals surface area contributed by atoms with E-state index in [4.69, 9.17) is 18.9 Å². The monoisotopic (exact) mass is 732 g/mol. The van der Waals surface area contributed by atoms with Crippen LogP contribution in [0.5, 0.6) is 17.2 Å². The van der Waals surface area contributed by atoms with Crippen LogP contribution in [0.1, 0.15) is 79.7 Å². The number of methoxy groups -OCH3 is 1. The van der Waals surface area contributed by atoms with Gasteiger partial charge >= 0.3 is 5.97 Å². The summed E-state index contributed by atoms with van der Waals surface area (Å²) in [5, 5.41) is 24.2. The molecule has 0 saturated heterocycles. The number of carbonyl (C=O) groups excluding carboxylic acids is 3. The standard InChI is InChI=1S/C38H44N4O11/c1-7-11-26-16-28(9-3)39(21-26)38(45)31-18-35(50-6)36(20-33(31)42(48)49)52-14-10-13-51-34-19-32(41(46)47)30(15-24(34)4)37(44)40-22-27(12-8-2)17-29(40)23-53-25(5)43/h7-8,11-12,15,18-22,28-29H,9-10,13-14,16-17,23H2,1-6H3/b11-7+,12-8+/t28-,29+/m1/s1. The van der Waals surface area contributed by atoms with E-state index in [0.717, 1.165) is 17.2 Å². The van der Waals surface area contributed by atoms with Crippen molar-refractivity contribution in [3.05, 3.63) is 109 Å². The molecule has 2 atom stereocenters. The average molecular weight is 733 g/mol. The van der Waals surface area contributed by atoms with Gasteiger partial charge in [0.15, 0.2) is 11.5 Å². The minimum atomic E-state index is -0.659. The smallest absolute Gasteiger partial charge is 0.302 e. The third-order valence-corrected chi connectivity index (χ3v) is 8.75. The Morgan fingerprint density at radius 1 is 0.811 bits per heavy atom. The Labute approximate surface area is 307 Å². The molecule has 2 aromatic carbocycles. The maximum atomic E-state index is 13.7. The highest BCUT2D eigenvalue weighted by atomic mass is 16.6. The summed E-state index contributed by atoms with van der Waals surface area (Å²) in [5.74, 6) is -1.26. The molecule has 15 nitrogen and oxygen atoms in total. The Kier molecular flexibility index (Phi) is 13.5. The molecule has 0 spiro atoms. The lowest BCUT2D eigenvalue weighted by molar-refractivity contribution is -0.385. The molecule has 0 radical (unpaired) electrons. The van der Waals surface area contributed by atoms with Gasteiger partial charge in [0, 0.05) is 37.9 Å². The predicted octanol–water partition coefficient (Wildman–Crippen LogP) is 6.99. The van der Waals surface area contributed by atoms with Crippen molar-refractivity contribution in [3.8, 4) is 17.2 Å². The summed E-state index contributed by atoms with van der Waals surface area (Å²) >= 11 is 0. The fraction of sp³-hybridized carbons (Fsp3) is 0.395. The molecular weight excluding hydrogens is 688 g/mol. The maximum absolute atomic E-state index is 13.7. The number of esters is 1. The zero-order valence-corrected chi connectivity index (χ0v) is 30.7. The number of hydrogen-bond acceptors (Lipinski definition) is 11. The number of ether oxygens (including phenoxy) is 4. The highest BCUT2D eigenvalue weighted by molar-refractivity contribution is 6.00. The first-order valence-corrected chi connectivity index (χ1v) is 17.2. The first-order chi connectivity index (χ1) is 25.3. The second kappa shape index (κ2) is 18.0. The number of rotatable bonds is 16. The number of allylic oxidation sites excluding steroid dienone is 4. The Hall–Kier alpha value is -5.99. The van der Waals surface area contributed by atoms with Crippen LogP contribution < -0.4 is 14.2 Å². The molecule has 0 unspecified atom stereocenters. The van der Waals surface area contributed by atoms with Gasteiger partial charge in [-0.3, -0.25) is 34.6 Å². The largest absolute Gasteiger partial charge is 0.493 e. The number of benzene rings is 2. The van der Waals surface area contributed by atoms with Crippen LogP contribution in [-0.4, -0.2) is 76.4 Å². The van der Waals surface area contributed by atoms with Crippen LogP contribution in [0.4, 0.5) is 11.4 Å². The average Bonchev–Trinajstić information content (AvgIpc) is 3.73. The van der Waals surface area contributed by atoms with Gasteiger partial charge in [0.2, 0.25) is 0 Å². The van der Waals surface area contributed by atoms with E-state index in [2.05, 4.69) is 0 Å². The summed E-state index contributed by atoms with van der Waals surface area (Å²) in [4.78, 5) is 64.5. The minimum Gasteiger partial charge on any atom is -0.493 e. The molecule has 2 aliphatic rings. The quantitative estimate of drug-likeness (QED) is 0.0751. The normalized spacial score (nSPS) is 16.9. The number of carbonyl (C=O) groups is 3. The van der Waals surface area contributed by atoms with Crippen LogP contribution in [0, 0.1) is 27.2 Å². The van der Waals surface area contributed by atoms with Crippen LogP contribution in [0.3, 0.4) is 0 Å². The molecular formula is C38H44N4O11. The van der Waals surface area contributed by atoms with E-state index in [-0.39, 0.29) is 60.7 Å². The lowest BCUT2D eigenvalue weighted by Crippen LogP contribution is -2.37. The second-order valence-corrected chi connectivity index (χ2v) is 12.5. The molecule has 2 amide bonds. The molecule has 282 valence electrons. The molecule has 2 aromatic rings. The van der Waals surface area contributed by atoms with Crippen molar-refractivity contribution in [1.82, 2.24) is 9.80 Å². The van der Waals surface area contributed by atoms with E-state index in [1.165, 1.54) is 42.0 Å². The van der Waals surface area contributed by atoms with Gasteiger partial charge in [-0.1, -0.05) is 31.2 Å². The summed E-state index contributed by atoms with van der Waals surface area (Å²) in [6, 6.07) is 4.39. The van der Waals surface area contributed by atoms with Crippen molar-refractivity contribution in [2.24, 2.45) is 0 Å². The van der Waals surface area contributed by atoms with Gasteiger partial charge in [-0.15, -0.1) is 0 Å². The van der Waals surface area contributed by atoms with E-state index in [1.807, 2.05) is 39.0 Å². The molecule has 4 rings (SSSR count). The molecule has 0 aromatic heterocycles. The number of aryl methyl sites for hydroxylation is 1. The van der Waals surface area contributed by atoms with Gasteiger partial charge in [-0.05, 0) is 62.8 Å². The van der Waals surface area contributed by atoms with E-state index >= 15 is 0 Å². The SMILES string of the molecule is C/C=C/C1=CN(C(=O)c2cc(OC)c(OCCCOc3cc([N+](=O)[O-])c(C(=O)N4C=C(/C=C/C)C[C@H]4COC(C)=O)cc3C)cc2[N+](=O)[O-])[C@H](CC)C1. The van der Waals surface area contributed by atoms with Crippen molar-refractivity contribution in [1.29, 1.82) is 0 Å². The van der Waals surface area contributed by atoms with Gasteiger partial charge in [-0.2, -0.15) is 0 Å². The first kappa shape index (κ1) is 39.8. The number of nitro groups is 2. The minimum absolute atomic E-state index is 0.0254. The maximum Gasteiger partial charge on any atom is 0.302 e. The Balaban J connectivity index is 1.46. The first-order valence-electron chi connectivity index (χ1n) is 17.2. The zero-order chi connectivity index (χ0) is 38.8. The van der Waals surface area contributed by atoms with Crippen LogP contribution in [0.25, 0.3) is 0 Å². The topological polar surface area (TPSA) is 181 Å². The molecule has 0 bridgehead atoms. The number of nitrogens with zero attached hydrogens (tertiary/aromatic N) is 4. The molecule has 0 aliphatic carbocycles. The van der Waals surface area contributed by atoms with Crippen molar-refractivity contribution in [2.45, 2.75) is 72.4 Å². The van der Waals surface area contributed by atoms with Crippen molar-refractivity contribution in [2.75, 3.05) is 26.9 Å². The van der Waals surface area contributed by atoms with Gasteiger partial charge in [0.25, 0.3) is 23.2 Å². The van der Waals surface area contributed by atoms with Gasteiger partial charge in [0.1, 0.15) is 23.5 Å². The third kappa shape index (κ3) is 9.47. The second-order valence-electron chi connectivity index (χ2n) is 12.5. The van der Waals surface area contributed by atoms with E-state index < -0.39 is 45.0 Å². The lowest BCUT2D eigenvalue weighted by Gasteiger charge is -2.23. The summed E-state index contributed by atoms with van der Waals surface area (Å²) in [7, 11) is 1.37. The zero-order valence-electron chi connectivity index (χ0n) is 30.7. The molecule has 15 heteroatoms. The molecule has 53 heavy (non-hydrogen) atoms. The van der Waals surface area contributed by atoms with E-state index in [0.29, 0.717) is 24.8 Å². The fourth-order valence-corrected chi connectivity index (χ4v) is 6.21. The number of nitro benzene ring substituents is 2. The van der Waals surface area contributed by atoms with Crippen molar-refractivity contribution < 1.29 is 43.2 Å². The third-order valence-electron chi connectivity index (χ3n) is 8.75. The Morgan fingerprint density at radius 2 is 1.32 bits per heavy atom. The van der Waals surface area contributed by atoms with Crippen molar-refractivity contribution in [3.63, 3.8) is 0 Å². The number of hydrogen-bond donors (Lipinski definition) is 0. The highest BCUT2D eigenvalue weighted by Crippen LogP contribution is 2.38. The number of amides is 2. The summed E-state index contributed by atoms with van der Waals surface area (Å²) in [6.45, 7) is 8.58. The fourth-order valence-electron chi connectivity index (χ4n) is 6.21. The molecule has 0 N–H and O–H groups in total. The van der Waals surface area contributed by atoms with Gasteiger partial charge < -0.3 is 28.7 Å². The highest BCUT2D eigenvalue weighted by Gasteiger charge is 2.35. The molecule has 2 aliphatic heterocycles. The van der Waals surface area contributed by atoms with Crippen molar-refractivity contribution >= 4 is 29.2 Å². The van der Waals surface area contributed by atoms with Crippen LogP contribution in [0.2, 0.25) is 0 Å². The van der Waals surface area contributed by atoms with Crippen LogP contribution in [0.15, 0.2) is 72.1 Å². The summed E-state index contributed by atoms with van der Waals surface area (Å²) in [6.07, 6.45) is 12.7. The molecule has 2 heterocycles.